The second-order valence-corrected chi connectivity index (χ2v) is 11.3. The minimum absolute atomic E-state index is 0.0236. The van der Waals surface area contributed by atoms with E-state index < -0.39 is 0 Å². The lowest BCUT2D eigenvalue weighted by molar-refractivity contribution is -0.132. The average molecular weight is 545 g/mol. The summed E-state index contributed by atoms with van der Waals surface area (Å²) >= 11 is 1.60. The number of aromatic nitrogens is 2. The lowest BCUT2D eigenvalue weighted by Crippen LogP contribution is -2.48. The Balaban J connectivity index is 1.16. The molecule has 1 aromatic heterocycles. The molecule has 0 radical (unpaired) electrons. The second kappa shape index (κ2) is 14.3. The monoisotopic (exact) mass is 544 g/mol. The smallest absolute Gasteiger partial charge is 0.257 e. The Labute approximate surface area is 236 Å². The molecular weight excluding hydrogens is 504 g/mol. The Morgan fingerprint density at radius 3 is 2.41 bits per heavy atom. The first-order chi connectivity index (χ1) is 18.9. The number of thioether (sulfide) groups is 1. The second-order valence-electron chi connectivity index (χ2n) is 10.3. The van der Waals surface area contributed by atoms with Gasteiger partial charge in [-0.25, -0.2) is 4.98 Å². The normalized spacial score (nSPS) is 14.3. The molecule has 2 heterocycles. The van der Waals surface area contributed by atoms with Crippen molar-refractivity contribution in [3.63, 3.8) is 0 Å². The van der Waals surface area contributed by atoms with E-state index in [4.69, 9.17) is 4.98 Å². The molecule has 206 valence electrons. The molecule has 0 atom stereocenters. The summed E-state index contributed by atoms with van der Waals surface area (Å²) in [6.45, 7) is 8.33. The van der Waals surface area contributed by atoms with Gasteiger partial charge in [0, 0.05) is 69.6 Å². The van der Waals surface area contributed by atoms with E-state index in [1.807, 2.05) is 30.0 Å². The average Bonchev–Trinajstić information content (AvgIpc) is 2.95. The summed E-state index contributed by atoms with van der Waals surface area (Å²) in [7, 11) is 1.80. The molecule has 0 saturated carbocycles. The van der Waals surface area contributed by atoms with E-state index in [0.717, 1.165) is 73.3 Å². The lowest BCUT2D eigenvalue weighted by atomic mass is 10.0. The Morgan fingerprint density at radius 1 is 0.974 bits per heavy atom. The Bertz CT molecular complexity index is 1310. The SMILES string of the molecule is Cc1ccc(Cc2c(C)nc(SCCCCC(=O)N3CCN(C/C=C/c4ccccc4)CC3)n(C)c2=O)cc1. The minimum atomic E-state index is 0.0236. The highest BCUT2D eigenvalue weighted by molar-refractivity contribution is 7.99. The minimum Gasteiger partial charge on any atom is -0.340 e. The third-order valence-electron chi connectivity index (χ3n) is 7.27. The van der Waals surface area contributed by atoms with Crippen molar-refractivity contribution in [1.82, 2.24) is 19.4 Å². The molecule has 0 unspecified atom stereocenters. The van der Waals surface area contributed by atoms with E-state index in [-0.39, 0.29) is 11.5 Å². The van der Waals surface area contributed by atoms with E-state index in [0.29, 0.717) is 12.8 Å². The number of nitrogens with zero attached hydrogens (tertiary/aromatic N) is 4. The summed E-state index contributed by atoms with van der Waals surface area (Å²) in [6, 6.07) is 18.6. The highest BCUT2D eigenvalue weighted by atomic mass is 32.2. The van der Waals surface area contributed by atoms with Crippen molar-refractivity contribution in [3.05, 3.63) is 99.0 Å². The molecule has 3 aromatic rings. The maximum Gasteiger partial charge on any atom is 0.257 e. The Kier molecular flexibility index (Phi) is 10.6. The molecule has 39 heavy (non-hydrogen) atoms. The van der Waals surface area contributed by atoms with Crippen LogP contribution in [-0.4, -0.2) is 63.7 Å². The predicted molar refractivity (Wildman–Crippen MR) is 161 cm³/mol. The van der Waals surface area contributed by atoms with Crippen molar-refractivity contribution in [3.8, 4) is 0 Å². The van der Waals surface area contributed by atoms with Crippen LogP contribution >= 0.6 is 11.8 Å². The molecule has 4 rings (SSSR count). The molecule has 0 spiro atoms. The fraction of sp³-hybridized carbons (Fsp3) is 0.406. The molecule has 2 aromatic carbocycles. The maximum atomic E-state index is 13.0. The number of amides is 1. The van der Waals surface area contributed by atoms with Crippen LogP contribution in [0.15, 0.2) is 70.6 Å². The van der Waals surface area contributed by atoms with Gasteiger partial charge in [0.1, 0.15) is 0 Å². The first-order valence-corrected chi connectivity index (χ1v) is 14.9. The number of hydrogen-bond acceptors (Lipinski definition) is 5. The maximum absolute atomic E-state index is 13.0. The fourth-order valence-electron chi connectivity index (χ4n) is 4.75. The number of carbonyl (C=O) groups excluding carboxylic acids is 1. The molecule has 6 nitrogen and oxygen atoms in total. The summed E-state index contributed by atoms with van der Waals surface area (Å²) in [5, 5.41) is 0.744. The molecule has 0 bridgehead atoms. The van der Waals surface area contributed by atoms with Crippen LogP contribution < -0.4 is 5.56 Å². The van der Waals surface area contributed by atoms with Gasteiger partial charge in [0.15, 0.2) is 5.16 Å². The highest BCUT2D eigenvalue weighted by Gasteiger charge is 2.20. The van der Waals surface area contributed by atoms with Gasteiger partial charge < -0.3 is 4.90 Å². The zero-order chi connectivity index (χ0) is 27.6. The number of carbonyl (C=O) groups is 1. The van der Waals surface area contributed by atoms with Crippen LogP contribution in [0.1, 0.15) is 47.2 Å². The summed E-state index contributed by atoms with van der Waals surface area (Å²) in [5.74, 6) is 1.09. The molecule has 1 fully saturated rings. The summed E-state index contributed by atoms with van der Waals surface area (Å²) in [5.41, 5.74) is 5.12. The van der Waals surface area contributed by atoms with Crippen molar-refractivity contribution < 1.29 is 4.79 Å². The number of rotatable bonds is 11. The van der Waals surface area contributed by atoms with Crippen LogP contribution in [0.4, 0.5) is 0 Å². The zero-order valence-corrected chi connectivity index (χ0v) is 24.3. The van der Waals surface area contributed by atoms with E-state index >= 15 is 0 Å². The van der Waals surface area contributed by atoms with E-state index in [1.165, 1.54) is 11.1 Å². The molecule has 1 saturated heterocycles. The molecule has 7 heteroatoms. The van der Waals surface area contributed by atoms with Crippen LogP contribution in [-0.2, 0) is 18.3 Å². The van der Waals surface area contributed by atoms with Gasteiger partial charge in [0.2, 0.25) is 5.91 Å². The highest BCUT2D eigenvalue weighted by Crippen LogP contribution is 2.19. The van der Waals surface area contributed by atoms with Crippen LogP contribution in [0.3, 0.4) is 0 Å². The van der Waals surface area contributed by atoms with Crippen molar-refractivity contribution >= 4 is 23.7 Å². The summed E-state index contributed by atoms with van der Waals surface area (Å²) in [6.07, 6.45) is 7.30. The number of hydrogen-bond donors (Lipinski definition) is 0. The van der Waals surface area contributed by atoms with Gasteiger partial charge in [-0.05, 0) is 37.8 Å². The zero-order valence-electron chi connectivity index (χ0n) is 23.4. The predicted octanol–water partition coefficient (Wildman–Crippen LogP) is 5.11. The van der Waals surface area contributed by atoms with Gasteiger partial charge in [-0.1, -0.05) is 84.1 Å². The summed E-state index contributed by atoms with van der Waals surface area (Å²) < 4.78 is 1.67. The molecule has 1 aliphatic heterocycles. The molecule has 0 N–H and O–H groups in total. The fourth-order valence-corrected chi connectivity index (χ4v) is 5.76. The number of benzene rings is 2. The van der Waals surface area contributed by atoms with E-state index in [2.05, 4.69) is 60.4 Å². The van der Waals surface area contributed by atoms with Gasteiger partial charge in [-0.3, -0.25) is 19.1 Å². The van der Waals surface area contributed by atoms with Gasteiger partial charge in [-0.2, -0.15) is 0 Å². The van der Waals surface area contributed by atoms with Gasteiger partial charge >= 0.3 is 0 Å². The molecule has 0 aliphatic carbocycles. The largest absolute Gasteiger partial charge is 0.340 e. The number of unbranched alkanes of at least 4 members (excludes halogenated alkanes) is 1. The van der Waals surface area contributed by atoms with Crippen molar-refractivity contribution in [2.24, 2.45) is 7.05 Å². The molecule has 1 aliphatic rings. The molecular formula is C32H40N4O2S. The van der Waals surface area contributed by atoms with Crippen LogP contribution in [0.2, 0.25) is 0 Å². The topological polar surface area (TPSA) is 58.4 Å². The van der Waals surface area contributed by atoms with E-state index in [1.54, 1.807) is 23.4 Å². The van der Waals surface area contributed by atoms with Gasteiger partial charge in [0.25, 0.3) is 5.56 Å². The lowest BCUT2D eigenvalue weighted by Gasteiger charge is -2.34. The summed E-state index contributed by atoms with van der Waals surface area (Å²) in [4.78, 5) is 34.9. The Morgan fingerprint density at radius 2 is 1.69 bits per heavy atom. The van der Waals surface area contributed by atoms with E-state index in [9.17, 15) is 9.59 Å². The van der Waals surface area contributed by atoms with Crippen LogP contribution in [0.5, 0.6) is 0 Å². The first-order valence-electron chi connectivity index (χ1n) is 13.9. The first kappa shape index (κ1) is 28.8. The Hall–Kier alpha value is -3.16. The standard InChI is InChI=1S/C32H40N4O2S/c1-25-14-16-28(17-15-25)24-29-26(2)33-32(34(3)31(29)38)39-23-8-7-13-30(37)36-21-19-35(20-22-36)18-9-12-27-10-5-4-6-11-27/h4-6,9-12,14-17H,7-8,13,18-24H2,1-3H3/b12-9+. The van der Waals surface area contributed by atoms with Gasteiger partial charge in [-0.15, -0.1) is 0 Å². The van der Waals surface area contributed by atoms with Crippen LogP contribution in [0.25, 0.3) is 6.08 Å². The third-order valence-corrected chi connectivity index (χ3v) is 8.38. The number of piperazine rings is 1. The number of aryl methyl sites for hydroxylation is 2. The van der Waals surface area contributed by atoms with Crippen molar-refractivity contribution in [2.75, 3.05) is 38.5 Å². The van der Waals surface area contributed by atoms with Crippen molar-refractivity contribution in [1.29, 1.82) is 0 Å². The van der Waals surface area contributed by atoms with Gasteiger partial charge in [0.05, 0.1) is 0 Å². The quantitative estimate of drug-likeness (QED) is 0.191. The third kappa shape index (κ3) is 8.41. The van der Waals surface area contributed by atoms with Crippen LogP contribution in [0, 0.1) is 13.8 Å². The molecule has 1 amide bonds. The van der Waals surface area contributed by atoms with Crippen molar-refractivity contribution in [2.45, 2.75) is 44.7 Å².